The van der Waals surface area contributed by atoms with Gasteiger partial charge in [0, 0.05) is 11.6 Å². The summed E-state index contributed by atoms with van der Waals surface area (Å²) in [5, 5.41) is 10.5. The van der Waals surface area contributed by atoms with E-state index < -0.39 is 10.0 Å². The monoisotopic (exact) mass is 309 g/mol. The van der Waals surface area contributed by atoms with E-state index in [1.807, 2.05) is 30.3 Å². The zero-order valence-electron chi connectivity index (χ0n) is 11.4. The van der Waals surface area contributed by atoms with E-state index in [9.17, 15) is 8.42 Å². The van der Waals surface area contributed by atoms with E-state index in [-0.39, 0.29) is 16.3 Å². The molecule has 108 valence electrons. The van der Waals surface area contributed by atoms with Crippen LogP contribution in [0, 0.1) is 11.3 Å². The Morgan fingerprint density at radius 1 is 1.05 bits per heavy atom. The highest BCUT2D eigenvalue weighted by Gasteiger charge is 2.16. The number of pyridine rings is 1. The first kappa shape index (κ1) is 14.0. The maximum atomic E-state index is 12.5. The molecule has 6 heteroatoms. The van der Waals surface area contributed by atoms with Crippen LogP contribution in [0.1, 0.15) is 5.56 Å². The van der Waals surface area contributed by atoms with Crippen LogP contribution in [0.15, 0.2) is 65.7 Å². The van der Waals surface area contributed by atoms with E-state index in [0.29, 0.717) is 5.39 Å². The molecule has 5 nitrogen and oxygen atoms in total. The van der Waals surface area contributed by atoms with Crippen LogP contribution in [0.2, 0.25) is 0 Å². The number of benzene rings is 2. The molecular formula is C16H11N3O2S. The van der Waals surface area contributed by atoms with Crippen molar-refractivity contribution in [2.24, 2.45) is 0 Å². The summed E-state index contributed by atoms with van der Waals surface area (Å²) >= 11 is 0. The maximum absolute atomic E-state index is 12.5. The summed E-state index contributed by atoms with van der Waals surface area (Å²) < 4.78 is 27.4. The Morgan fingerprint density at radius 3 is 2.68 bits per heavy atom. The first-order chi connectivity index (χ1) is 10.6. The van der Waals surface area contributed by atoms with Crippen molar-refractivity contribution in [3.63, 3.8) is 0 Å². The van der Waals surface area contributed by atoms with Gasteiger partial charge in [0.1, 0.15) is 5.82 Å². The average Bonchev–Trinajstić information content (AvgIpc) is 2.55. The van der Waals surface area contributed by atoms with Gasteiger partial charge in [0.15, 0.2) is 0 Å². The minimum atomic E-state index is -3.80. The van der Waals surface area contributed by atoms with Crippen LogP contribution in [-0.4, -0.2) is 13.4 Å². The Morgan fingerprint density at radius 2 is 1.86 bits per heavy atom. The molecule has 2 aromatic carbocycles. The molecule has 0 saturated carbocycles. The molecule has 0 atom stereocenters. The van der Waals surface area contributed by atoms with E-state index in [1.165, 1.54) is 18.2 Å². The van der Waals surface area contributed by atoms with Crippen molar-refractivity contribution in [1.29, 1.82) is 5.26 Å². The van der Waals surface area contributed by atoms with E-state index in [2.05, 4.69) is 9.71 Å². The number of fused-ring (bicyclic) bond motifs is 1. The lowest BCUT2D eigenvalue weighted by Crippen LogP contribution is -2.14. The molecule has 0 aliphatic heterocycles. The SMILES string of the molecule is N#Cc1cccc(S(=O)(=O)Nc2nccc3ccccc23)c1. The van der Waals surface area contributed by atoms with Crippen LogP contribution in [0.25, 0.3) is 10.8 Å². The van der Waals surface area contributed by atoms with E-state index >= 15 is 0 Å². The summed E-state index contributed by atoms with van der Waals surface area (Å²) in [6.07, 6.45) is 1.55. The van der Waals surface area contributed by atoms with Crippen molar-refractivity contribution in [2.75, 3.05) is 4.72 Å². The molecule has 0 aliphatic carbocycles. The normalized spacial score (nSPS) is 11.0. The largest absolute Gasteiger partial charge is 0.263 e. The van der Waals surface area contributed by atoms with E-state index in [4.69, 9.17) is 5.26 Å². The molecule has 0 saturated heterocycles. The molecule has 0 spiro atoms. The lowest BCUT2D eigenvalue weighted by atomic mass is 10.2. The predicted octanol–water partition coefficient (Wildman–Crippen LogP) is 2.91. The van der Waals surface area contributed by atoms with Crippen LogP contribution in [0.4, 0.5) is 5.82 Å². The number of aromatic nitrogens is 1. The highest BCUT2D eigenvalue weighted by molar-refractivity contribution is 7.92. The Hall–Kier alpha value is -2.91. The number of hydrogen-bond acceptors (Lipinski definition) is 4. The second-order valence-electron chi connectivity index (χ2n) is 4.63. The molecule has 3 aromatic rings. The molecule has 1 N–H and O–H groups in total. The summed E-state index contributed by atoms with van der Waals surface area (Å²) in [7, 11) is -3.80. The molecule has 0 radical (unpaired) electrons. The van der Waals surface area contributed by atoms with Gasteiger partial charge in [0.2, 0.25) is 0 Å². The zero-order valence-corrected chi connectivity index (χ0v) is 12.2. The molecule has 1 aromatic heterocycles. The minimum absolute atomic E-state index is 0.0290. The van der Waals surface area contributed by atoms with Crippen LogP contribution in [0.5, 0.6) is 0 Å². The van der Waals surface area contributed by atoms with Gasteiger partial charge in [-0.15, -0.1) is 0 Å². The van der Waals surface area contributed by atoms with Gasteiger partial charge in [-0.25, -0.2) is 13.4 Å². The molecule has 1 heterocycles. The van der Waals surface area contributed by atoms with Gasteiger partial charge in [-0.1, -0.05) is 30.3 Å². The third-order valence-electron chi connectivity index (χ3n) is 3.18. The minimum Gasteiger partial charge on any atom is -0.263 e. The number of anilines is 1. The Bertz CT molecular complexity index is 986. The number of hydrogen-bond donors (Lipinski definition) is 1. The fraction of sp³-hybridized carbons (Fsp3) is 0. The van der Waals surface area contributed by atoms with Crippen LogP contribution < -0.4 is 4.72 Å². The van der Waals surface area contributed by atoms with Crippen molar-refractivity contribution in [3.8, 4) is 6.07 Å². The highest BCUT2D eigenvalue weighted by atomic mass is 32.2. The van der Waals surface area contributed by atoms with Gasteiger partial charge in [-0.3, -0.25) is 4.72 Å². The van der Waals surface area contributed by atoms with Crippen molar-refractivity contribution in [2.45, 2.75) is 4.90 Å². The third kappa shape index (κ3) is 2.62. The number of sulfonamides is 1. The quantitative estimate of drug-likeness (QED) is 0.806. The second-order valence-corrected chi connectivity index (χ2v) is 6.31. The Balaban J connectivity index is 2.05. The molecule has 0 aliphatic rings. The second kappa shape index (κ2) is 5.47. The molecule has 22 heavy (non-hydrogen) atoms. The predicted molar refractivity (Wildman–Crippen MR) is 83.7 cm³/mol. The first-order valence-corrected chi connectivity index (χ1v) is 7.95. The van der Waals surface area contributed by atoms with Gasteiger partial charge in [0.25, 0.3) is 10.0 Å². The number of nitrogens with one attached hydrogen (secondary N) is 1. The lowest BCUT2D eigenvalue weighted by Gasteiger charge is -2.09. The number of rotatable bonds is 3. The Kier molecular flexibility index (Phi) is 3.49. The van der Waals surface area contributed by atoms with Gasteiger partial charge < -0.3 is 0 Å². The first-order valence-electron chi connectivity index (χ1n) is 6.47. The van der Waals surface area contributed by atoms with Crippen molar-refractivity contribution >= 4 is 26.6 Å². The van der Waals surface area contributed by atoms with E-state index in [1.54, 1.807) is 18.3 Å². The van der Waals surface area contributed by atoms with Crippen molar-refractivity contribution in [3.05, 3.63) is 66.4 Å². The van der Waals surface area contributed by atoms with Crippen molar-refractivity contribution in [1.82, 2.24) is 4.98 Å². The van der Waals surface area contributed by atoms with Crippen LogP contribution >= 0.6 is 0 Å². The third-order valence-corrected chi connectivity index (χ3v) is 4.51. The molecule has 0 amide bonds. The number of nitrogens with zero attached hydrogens (tertiary/aromatic N) is 2. The summed E-state index contributed by atoms with van der Waals surface area (Å²) in [6.45, 7) is 0. The van der Waals surface area contributed by atoms with Crippen LogP contribution in [-0.2, 0) is 10.0 Å². The molecule has 0 fully saturated rings. The van der Waals surface area contributed by atoms with Gasteiger partial charge in [-0.2, -0.15) is 5.26 Å². The highest BCUT2D eigenvalue weighted by Crippen LogP contribution is 2.23. The summed E-state index contributed by atoms with van der Waals surface area (Å²) in [5.41, 5.74) is 0.286. The Labute approximate surface area is 127 Å². The summed E-state index contributed by atoms with van der Waals surface area (Å²) in [4.78, 5) is 4.13. The average molecular weight is 309 g/mol. The standard InChI is InChI=1S/C16H11N3O2S/c17-11-12-4-3-6-14(10-12)22(20,21)19-16-15-7-2-1-5-13(15)8-9-18-16/h1-10H,(H,18,19). The van der Waals surface area contributed by atoms with Gasteiger partial charge in [-0.05, 0) is 29.7 Å². The van der Waals surface area contributed by atoms with Gasteiger partial charge >= 0.3 is 0 Å². The summed E-state index contributed by atoms with van der Waals surface area (Å²) in [6, 6.07) is 16.9. The van der Waals surface area contributed by atoms with Crippen LogP contribution in [0.3, 0.4) is 0 Å². The topological polar surface area (TPSA) is 82.8 Å². The fourth-order valence-corrected chi connectivity index (χ4v) is 3.19. The maximum Gasteiger partial charge on any atom is 0.263 e. The summed E-state index contributed by atoms with van der Waals surface area (Å²) in [5.74, 6) is 0.264. The number of nitriles is 1. The molecule has 3 rings (SSSR count). The molecular weight excluding hydrogens is 298 g/mol. The zero-order chi connectivity index (χ0) is 15.6. The fourth-order valence-electron chi connectivity index (χ4n) is 2.12. The molecule has 0 unspecified atom stereocenters. The van der Waals surface area contributed by atoms with E-state index in [0.717, 1.165) is 5.39 Å². The van der Waals surface area contributed by atoms with Crippen molar-refractivity contribution < 1.29 is 8.42 Å². The molecule has 0 bridgehead atoms. The van der Waals surface area contributed by atoms with Gasteiger partial charge in [0.05, 0.1) is 16.5 Å². The smallest absolute Gasteiger partial charge is 0.263 e. The lowest BCUT2D eigenvalue weighted by molar-refractivity contribution is 0.601.